The molecule has 22 heteroatoms. The lowest BCUT2D eigenvalue weighted by Crippen LogP contribution is -2.62. The maximum absolute atomic E-state index is 15.0. The molecule has 0 radical (unpaired) electrons. The molecule has 0 saturated carbocycles. The smallest absolute Gasteiger partial charge is 0.382 e. The largest absolute Gasteiger partial charge is 0.490 e. The van der Waals surface area contributed by atoms with Crippen LogP contribution in [0.2, 0.25) is 0 Å². The normalized spacial score (nSPS) is 21.0. The Morgan fingerprint density at radius 3 is 2.16 bits per heavy atom. The van der Waals surface area contributed by atoms with Gasteiger partial charge in [-0.1, -0.05) is 0 Å². The Bertz CT molecular complexity index is 1070. The van der Waals surface area contributed by atoms with Crippen molar-refractivity contribution in [2.45, 2.75) is 17.7 Å². The third kappa shape index (κ3) is 7.43. The fraction of sp³-hybridized carbons (Fsp3) is 0.600. The van der Waals surface area contributed by atoms with E-state index in [2.05, 4.69) is 17.9 Å². The molecule has 0 bridgehead atoms. The summed E-state index contributed by atoms with van der Waals surface area (Å²) in [7, 11) is -17.1. The number of halogens is 2. The Morgan fingerprint density at radius 2 is 1.72 bits per heavy atom. The van der Waals surface area contributed by atoms with Gasteiger partial charge in [-0.3, -0.25) is 18.9 Å². The molecule has 2 unspecified atom stereocenters. The van der Waals surface area contributed by atoms with E-state index < -0.39 is 65.7 Å². The number of phosphoric acid groups is 3. The third-order valence-electron chi connectivity index (χ3n) is 3.46. The summed E-state index contributed by atoms with van der Waals surface area (Å²) >= 11 is 0. The van der Waals surface area contributed by atoms with Crippen LogP contribution in [0, 0.1) is 0 Å². The number of methoxy groups -OCH3 is 1. The molecule has 0 aromatic carbocycles. The molecule has 17 nitrogen and oxygen atoms in total. The second-order valence-electron chi connectivity index (χ2n) is 5.75. The van der Waals surface area contributed by atoms with Crippen molar-refractivity contribution in [1.29, 1.82) is 0 Å². The Labute approximate surface area is 175 Å². The van der Waals surface area contributed by atoms with Crippen LogP contribution in [0.3, 0.4) is 0 Å². The number of phosphoric ester groups is 1. The van der Waals surface area contributed by atoms with Gasteiger partial charge < -0.3 is 34.5 Å². The lowest BCUT2D eigenvalue weighted by atomic mass is 10.0. The monoisotopic (exact) mass is 536 g/mol. The van der Waals surface area contributed by atoms with E-state index in [1.165, 1.54) is 0 Å². The van der Waals surface area contributed by atoms with Crippen molar-refractivity contribution in [2.75, 3.05) is 20.4 Å². The molecule has 5 atom stereocenters. The maximum atomic E-state index is 15.0. The molecule has 1 aromatic heterocycles. The van der Waals surface area contributed by atoms with Gasteiger partial charge in [-0.15, -0.1) is 0 Å². The first-order chi connectivity index (χ1) is 14.3. The molecule has 0 aliphatic heterocycles. The fourth-order valence-electron chi connectivity index (χ4n) is 2.06. The van der Waals surface area contributed by atoms with Gasteiger partial charge in [0.25, 0.3) is 11.4 Å². The molecule has 7 N–H and O–H groups in total. The number of alkyl halides is 2. The molecule has 0 saturated heterocycles. The topological polar surface area (TPSA) is 264 Å². The molecule has 0 fully saturated rings. The summed E-state index contributed by atoms with van der Waals surface area (Å²) in [6.07, 6.45) is -2.66. The highest BCUT2D eigenvalue weighted by atomic mass is 31.3. The first-order valence-electron chi connectivity index (χ1n) is 7.62. The summed E-state index contributed by atoms with van der Waals surface area (Å²) < 4.78 is 77.0. The molecule has 0 amide bonds. The van der Waals surface area contributed by atoms with Crippen LogP contribution in [-0.4, -0.2) is 71.7 Å². The van der Waals surface area contributed by atoms with E-state index in [0.29, 0.717) is 19.4 Å². The lowest BCUT2D eigenvalue weighted by Gasteiger charge is -2.38. The zero-order valence-corrected chi connectivity index (χ0v) is 18.2. The van der Waals surface area contributed by atoms with Crippen molar-refractivity contribution in [3.05, 3.63) is 33.1 Å². The van der Waals surface area contributed by atoms with Crippen LogP contribution in [0.25, 0.3) is 0 Å². The van der Waals surface area contributed by atoms with Crippen molar-refractivity contribution in [3.63, 3.8) is 0 Å². The van der Waals surface area contributed by atoms with Crippen LogP contribution in [0.15, 0.2) is 21.9 Å². The number of aromatic amines is 1. The van der Waals surface area contributed by atoms with Gasteiger partial charge in [0.05, 0.1) is 0 Å². The van der Waals surface area contributed by atoms with Crippen molar-refractivity contribution in [2.24, 2.45) is 0 Å². The average molecular weight is 536 g/mol. The van der Waals surface area contributed by atoms with Crippen LogP contribution in [0.1, 0.15) is 0 Å². The summed E-state index contributed by atoms with van der Waals surface area (Å²) in [5.41, 5.74) is -6.01. The molecule has 186 valence electrons. The predicted molar refractivity (Wildman–Crippen MR) is 94.2 cm³/mol. The lowest BCUT2D eigenvalue weighted by molar-refractivity contribution is -0.281. The Kier molecular flexibility index (Phi) is 9.01. The highest BCUT2D eigenvalue weighted by molar-refractivity contribution is 7.66. The zero-order valence-electron chi connectivity index (χ0n) is 15.5. The molecule has 0 aliphatic rings. The molecule has 32 heavy (non-hydrogen) atoms. The number of ether oxygens (including phenoxy) is 1. The van der Waals surface area contributed by atoms with E-state index in [1.807, 2.05) is 0 Å². The second-order valence-corrected chi connectivity index (χ2v) is 10.2. The van der Waals surface area contributed by atoms with Crippen molar-refractivity contribution in [3.8, 4) is 0 Å². The first kappa shape index (κ1) is 28.9. The number of hydrogen-bond donors (Lipinski definition) is 7. The van der Waals surface area contributed by atoms with Gasteiger partial charge in [0.1, 0.15) is 13.3 Å². The SMILES string of the molecule is CO[C@](F)(COP(=O)(O)OP(=O)(O)OP(=O)(O)O)[C@@H](O)[C@](O)(CF)n1ccc(=O)[nH]c1=O. The number of nitrogens with zero attached hydrogens (tertiary/aromatic N) is 1. The van der Waals surface area contributed by atoms with E-state index in [9.17, 15) is 42.8 Å². The fourth-order valence-corrected chi connectivity index (χ4v) is 5.09. The molecule has 1 rings (SSSR count). The minimum atomic E-state index is -5.96. The van der Waals surface area contributed by atoms with E-state index in [4.69, 9.17) is 14.7 Å². The number of aliphatic hydroxyl groups excluding tert-OH is 1. The van der Waals surface area contributed by atoms with Gasteiger partial charge in [0.2, 0.25) is 5.72 Å². The first-order valence-corrected chi connectivity index (χ1v) is 12.1. The molecule has 1 heterocycles. The van der Waals surface area contributed by atoms with E-state index in [1.54, 1.807) is 4.98 Å². The van der Waals surface area contributed by atoms with Gasteiger partial charge in [-0.25, -0.2) is 27.3 Å². The number of H-pyrrole nitrogens is 1. The van der Waals surface area contributed by atoms with Crippen molar-refractivity contribution < 1.29 is 70.1 Å². The van der Waals surface area contributed by atoms with Crippen LogP contribution < -0.4 is 11.2 Å². The third-order valence-corrected chi connectivity index (χ3v) is 7.25. The predicted octanol–water partition coefficient (Wildman–Crippen LogP) is -1.83. The van der Waals surface area contributed by atoms with Gasteiger partial charge in [-0.2, -0.15) is 8.62 Å². The molecule has 0 aliphatic carbocycles. The maximum Gasteiger partial charge on any atom is 0.490 e. The molecular weight excluding hydrogens is 519 g/mol. The standard InChI is InChI=1S/C10H17F2N2O15P3/c1-26-9(12,5-27-31(22,23)29-32(24,25)28-30(19,20)21)7(16)10(18,4-11)14-3-2-6(15)13-8(14)17/h2-3,7,16,18H,4-5H2,1H3,(H,22,23)(H,24,25)(H,13,15,17)(H2,19,20,21)/t7-,9-,10-/m1/s1. The average Bonchev–Trinajstić information content (AvgIpc) is 2.62. The van der Waals surface area contributed by atoms with Crippen LogP contribution in [0.5, 0.6) is 0 Å². The van der Waals surface area contributed by atoms with Crippen molar-refractivity contribution >= 4 is 23.5 Å². The van der Waals surface area contributed by atoms with Gasteiger partial charge in [0.15, 0.2) is 6.10 Å². The van der Waals surface area contributed by atoms with Crippen LogP contribution in [-0.2, 0) is 37.3 Å². The molecule has 0 spiro atoms. The minimum absolute atomic E-state index is 0.0444. The second kappa shape index (κ2) is 9.99. The number of aromatic nitrogens is 2. The number of hydrogen-bond acceptors (Lipinski definition) is 11. The van der Waals surface area contributed by atoms with Gasteiger partial charge in [-0.05, 0) is 0 Å². The van der Waals surface area contributed by atoms with Gasteiger partial charge in [0, 0.05) is 19.4 Å². The zero-order chi connectivity index (χ0) is 25.2. The minimum Gasteiger partial charge on any atom is -0.382 e. The summed E-state index contributed by atoms with van der Waals surface area (Å²) in [5, 5.41) is 20.5. The Morgan fingerprint density at radius 1 is 1.16 bits per heavy atom. The molecule has 1 aromatic rings. The Balaban J connectivity index is 3.17. The summed E-state index contributed by atoms with van der Waals surface area (Å²) in [5.74, 6) is -3.85. The van der Waals surface area contributed by atoms with E-state index in [-0.39, 0.29) is 4.57 Å². The number of aliphatic hydroxyl groups is 2. The molecular formula is C10H17F2N2O15P3. The number of nitrogens with one attached hydrogen (secondary N) is 1. The highest BCUT2D eigenvalue weighted by Crippen LogP contribution is 2.66. The Hall–Kier alpha value is -1.17. The summed E-state index contributed by atoms with van der Waals surface area (Å²) in [6, 6.07) is 0.591. The quantitative estimate of drug-likeness (QED) is 0.145. The van der Waals surface area contributed by atoms with Crippen LogP contribution >= 0.6 is 23.5 Å². The van der Waals surface area contributed by atoms with E-state index >= 15 is 4.39 Å². The van der Waals surface area contributed by atoms with Crippen LogP contribution in [0.4, 0.5) is 8.78 Å². The summed E-state index contributed by atoms with van der Waals surface area (Å²) in [4.78, 5) is 59.7. The number of rotatable bonds is 12. The van der Waals surface area contributed by atoms with Gasteiger partial charge >= 0.3 is 29.2 Å². The van der Waals surface area contributed by atoms with Crippen molar-refractivity contribution in [1.82, 2.24) is 9.55 Å². The van der Waals surface area contributed by atoms with E-state index in [0.717, 1.165) is 0 Å². The summed E-state index contributed by atoms with van der Waals surface area (Å²) in [6.45, 7) is -4.06. The highest BCUT2D eigenvalue weighted by Gasteiger charge is 2.55.